The van der Waals surface area contributed by atoms with Crippen LogP contribution in [-0.4, -0.2) is 22.0 Å². The molecule has 16 heavy (non-hydrogen) atoms. The van der Waals surface area contributed by atoms with E-state index in [4.69, 9.17) is 12.2 Å². The summed E-state index contributed by atoms with van der Waals surface area (Å²) in [6, 6.07) is 4.28. The molecule has 0 atom stereocenters. The Kier molecular flexibility index (Phi) is 2.29. The molecule has 1 aliphatic heterocycles. The number of thiocarbonyl (C=S) groups is 1. The van der Waals surface area contributed by atoms with Gasteiger partial charge in [0.25, 0.3) is 5.91 Å². The van der Waals surface area contributed by atoms with Gasteiger partial charge in [-0.3, -0.25) is 9.69 Å². The van der Waals surface area contributed by atoms with E-state index in [2.05, 4.69) is 5.32 Å². The average molecular weight is 250 g/mol. The summed E-state index contributed by atoms with van der Waals surface area (Å²) in [5.74, 6) is 0.0147. The first kappa shape index (κ1) is 9.99. The van der Waals surface area contributed by atoms with Crippen LogP contribution in [-0.2, 0) is 4.79 Å². The number of hydrogen-bond donors (Lipinski definition) is 1. The molecule has 1 saturated heterocycles. The van der Waals surface area contributed by atoms with Gasteiger partial charge in [-0.25, -0.2) is 0 Å². The number of nitrogens with zero attached hydrogens (tertiary/aromatic N) is 1. The normalized spacial score (nSPS) is 23.0. The maximum atomic E-state index is 12.0. The third-order valence-corrected chi connectivity index (χ3v) is 3.77. The minimum atomic E-state index is 0.0147. The number of carbonyl (C=O) groups is 1. The molecule has 1 aromatic rings. The third-order valence-electron chi connectivity index (χ3n) is 2.65. The summed E-state index contributed by atoms with van der Waals surface area (Å²) in [4.78, 5) is 14.8. The summed E-state index contributed by atoms with van der Waals surface area (Å²) < 4.78 is 0. The zero-order valence-corrected chi connectivity index (χ0v) is 10.1. The molecule has 2 aliphatic rings. The molecule has 0 radical (unpaired) electrons. The molecule has 2 heterocycles. The van der Waals surface area contributed by atoms with Gasteiger partial charge in [-0.2, -0.15) is 0 Å². The van der Waals surface area contributed by atoms with E-state index in [1.54, 1.807) is 16.2 Å². The predicted molar refractivity (Wildman–Crippen MR) is 67.9 cm³/mol. The van der Waals surface area contributed by atoms with Crippen molar-refractivity contribution in [1.29, 1.82) is 0 Å². The molecule has 0 bridgehead atoms. The lowest BCUT2D eigenvalue weighted by atomic mass is 10.3. The molecule has 5 heteroatoms. The highest BCUT2D eigenvalue weighted by Gasteiger charge is 2.41. The van der Waals surface area contributed by atoms with Crippen LogP contribution < -0.4 is 5.32 Å². The second kappa shape index (κ2) is 3.68. The average Bonchev–Trinajstić information content (AvgIpc) is 2.86. The van der Waals surface area contributed by atoms with Gasteiger partial charge < -0.3 is 5.32 Å². The van der Waals surface area contributed by atoms with E-state index in [-0.39, 0.29) is 5.91 Å². The summed E-state index contributed by atoms with van der Waals surface area (Å²) >= 11 is 6.77. The molecule has 1 N–H and O–H groups in total. The highest BCUT2D eigenvalue weighted by Crippen LogP contribution is 2.31. The van der Waals surface area contributed by atoms with Gasteiger partial charge in [0.1, 0.15) is 5.70 Å². The Balaban J connectivity index is 1.88. The Morgan fingerprint density at radius 3 is 3.00 bits per heavy atom. The Hall–Kier alpha value is -1.20. The lowest BCUT2D eigenvalue weighted by molar-refractivity contribution is -0.122. The topological polar surface area (TPSA) is 32.3 Å². The second-order valence-electron chi connectivity index (χ2n) is 3.91. The summed E-state index contributed by atoms with van der Waals surface area (Å²) in [5, 5.41) is 5.53. The van der Waals surface area contributed by atoms with Crippen LogP contribution >= 0.6 is 23.6 Å². The van der Waals surface area contributed by atoms with Gasteiger partial charge in [-0.1, -0.05) is 6.07 Å². The van der Waals surface area contributed by atoms with E-state index < -0.39 is 0 Å². The molecule has 0 spiro atoms. The van der Waals surface area contributed by atoms with Gasteiger partial charge in [0.05, 0.1) is 0 Å². The van der Waals surface area contributed by atoms with E-state index in [1.165, 1.54) is 0 Å². The maximum Gasteiger partial charge on any atom is 0.276 e. The zero-order valence-electron chi connectivity index (χ0n) is 8.47. The van der Waals surface area contributed by atoms with Crippen molar-refractivity contribution >= 4 is 40.7 Å². The van der Waals surface area contributed by atoms with E-state index >= 15 is 0 Å². The van der Waals surface area contributed by atoms with Crippen LogP contribution in [0, 0.1) is 0 Å². The SMILES string of the molecule is O=C1/C(=C/c2cccs2)NC(=S)N1C1CC1. The molecule has 1 aliphatic carbocycles. The van der Waals surface area contributed by atoms with Crippen LogP contribution in [0.4, 0.5) is 0 Å². The quantitative estimate of drug-likeness (QED) is 0.643. The molecule has 82 valence electrons. The van der Waals surface area contributed by atoms with Gasteiger partial charge in [0, 0.05) is 10.9 Å². The smallest absolute Gasteiger partial charge is 0.276 e. The van der Waals surface area contributed by atoms with Crippen molar-refractivity contribution < 1.29 is 4.79 Å². The Labute approximate surface area is 103 Å². The number of hydrogen-bond acceptors (Lipinski definition) is 3. The lowest BCUT2D eigenvalue weighted by Crippen LogP contribution is -2.32. The minimum absolute atomic E-state index is 0.0147. The number of thiophene rings is 1. The third kappa shape index (κ3) is 1.66. The number of amides is 1. The maximum absolute atomic E-state index is 12.0. The number of carbonyl (C=O) groups excluding carboxylic acids is 1. The van der Waals surface area contributed by atoms with Gasteiger partial charge in [0.2, 0.25) is 0 Å². The Morgan fingerprint density at radius 2 is 2.38 bits per heavy atom. The predicted octanol–water partition coefficient (Wildman–Crippen LogP) is 1.97. The summed E-state index contributed by atoms with van der Waals surface area (Å²) in [6.45, 7) is 0. The van der Waals surface area contributed by atoms with Crippen molar-refractivity contribution in [3.05, 3.63) is 28.1 Å². The summed E-state index contributed by atoms with van der Waals surface area (Å²) in [5.41, 5.74) is 0.597. The molecule has 1 aromatic heterocycles. The number of rotatable bonds is 2. The molecule has 1 amide bonds. The lowest BCUT2D eigenvalue weighted by Gasteiger charge is -2.11. The number of nitrogens with one attached hydrogen (secondary N) is 1. The fourth-order valence-corrected chi connectivity index (χ4v) is 2.73. The highest BCUT2D eigenvalue weighted by molar-refractivity contribution is 7.80. The molecular weight excluding hydrogens is 240 g/mol. The van der Waals surface area contributed by atoms with E-state index in [9.17, 15) is 4.79 Å². The fraction of sp³-hybridized carbons (Fsp3) is 0.273. The standard InChI is InChI=1S/C11H10N2OS2/c14-10-9(6-8-2-1-5-16-8)12-11(15)13(10)7-3-4-7/h1-2,5-7H,3-4H2,(H,12,15)/b9-6-. The first-order chi connectivity index (χ1) is 7.75. The highest BCUT2D eigenvalue weighted by atomic mass is 32.1. The van der Waals surface area contributed by atoms with E-state index in [0.29, 0.717) is 16.9 Å². The molecule has 3 nitrogen and oxygen atoms in total. The van der Waals surface area contributed by atoms with Crippen LogP contribution in [0.25, 0.3) is 6.08 Å². The van der Waals surface area contributed by atoms with Gasteiger partial charge in [-0.05, 0) is 42.6 Å². The first-order valence-electron chi connectivity index (χ1n) is 5.15. The molecule has 0 unspecified atom stereocenters. The van der Waals surface area contributed by atoms with Crippen LogP contribution in [0.2, 0.25) is 0 Å². The molecule has 3 rings (SSSR count). The van der Waals surface area contributed by atoms with Gasteiger partial charge in [-0.15, -0.1) is 11.3 Å². The monoisotopic (exact) mass is 250 g/mol. The van der Waals surface area contributed by atoms with Gasteiger partial charge >= 0.3 is 0 Å². The summed E-state index contributed by atoms with van der Waals surface area (Å²) in [6.07, 6.45) is 4.00. The zero-order chi connectivity index (χ0) is 11.1. The van der Waals surface area contributed by atoms with Crippen molar-refractivity contribution in [2.24, 2.45) is 0 Å². The van der Waals surface area contributed by atoms with Crippen molar-refractivity contribution in [3.8, 4) is 0 Å². The largest absolute Gasteiger partial charge is 0.328 e. The van der Waals surface area contributed by atoms with Crippen LogP contribution in [0.5, 0.6) is 0 Å². The minimum Gasteiger partial charge on any atom is -0.328 e. The Bertz CT molecular complexity index is 474. The van der Waals surface area contributed by atoms with E-state index in [1.807, 2.05) is 23.6 Å². The van der Waals surface area contributed by atoms with Crippen LogP contribution in [0.1, 0.15) is 17.7 Å². The van der Waals surface area contributed by atoms with Crippen LogP contribution in [0.3, 0.4) is 0 Å². The van der Waals surface area contributed by atoms with Crippen molar-refractivity contribution in [2.45, 2.75) is 18.9 Å². The molecule has 2 fully saturated rings. The molecule has 0 aromatic carbocycles. The first-order valence-corrected chi connectivity index (χ1v) is 6.44. The van der Waals surface area contributed by atoms with E-state index in [0.717, 1.165) is 17.7 Å². The van der Waals surface area contributed by atoms with Crippen molar-refractivity contribution in [2.75, 3.05) is 0 Å². The van der Waals surface area contributed by atoms with Crippen LogP contribution in [0.15, 0.2) is 23.2 Å². The second-order valence-corrected chi connectivity index (χ2v) is 5.28. The Morgan fingerprint density at radius 1 is 1.56 bits per heavy atom. The molecular formula is C11H10N2OS2. The van der Waals surface area contributed by atoms with Crippen molar-refractivity contribution in [1.82, 2.24) is 10.2 Å². The van der Waals surface area contributed by atoms with Gasteiger partial charge in [0.15, 0.2) is 5.11 Å². The fourth-order valence-electron chi connectivity index (χ4n) is 1.73. The van der Waals surface area contributed by atoms with Crippen molar-refractivity contribution in [3.63, 3.8) is 0 Å². The summed E-state index contributed by atoms with van der Waals surface area (Å²) in [7, 11) is 0. The molecule has 1 saturated carbocycles.